The number of alkyl halides is 3. The van der Waals surface area contributed by atoms with Gasteiger partial charge in [-0.05, 0) is 25.0 Å². The number of carboxylic acid groups (broad SMARTS) is 1. The smallest absolute Gasteiger partial charge is 0.408 e. The van der Waals surface area contributed by atoms with E-state index in [1.807, 2.05) is 0 Å². The first-order valence-electron chi connectivity index (χ1n) is 6.89. The van der Waals surface area contributed by atoms with E-state index in [0.29, 0.717) is 6.42 Å². The summed E-state index contributed by atoms with van der Waals surface area (Å²) in [4.78, 5) is 15.8. The van der Waals surface area contributed by atoms with Crippen molar-refractivity contribution in [3.63, 3.8) is 0 Å². The lowest BCUT2D eigenvalue weighted by molar-refractivity contribution is -0.184. The number of likely N-dealkylation sites (tertiary alicyclic amines) is 1. The highest BCUT2D eigenvalue weighted by Crippen LogP contribution is 2.40. The zero-order valence-corrected chi connectivity index (χ0v) is 12.4. The number of amides is 1. The zero-order chi connectivity index (χ0) is 17.3. The van der Waals surface area contributed by atoms with Crippen molar-refractivity contribution in [2.75, 3.05) is 18.5 Å². The number of nitrogen functional groups attached to an aromatic ring is 1. The summed E-state index contributed by atoms with van der Waals surface area (Å²) in [6.07, 6.45) is -4.35. The molecule has 128 valence electrons. The Bertz CT molecular complexity index is 566. The quantitative estimate of drug-likeness (QED) is 0.494. The molecule has 0 bridgehead atoms. The molecule has 2 atom stereocenters. The van der Waals surface area contributed by atoms with Crippen LogP contribution in [0.5, 0.6) is 0 Å². The molecule has 0 radical (unpaired) electrons. The standard InChI is InChI=1S/C13H18F3N5O2/c1-12(19-11(22)23)4-5-21(7-12)10(13(14,15)16)8-2-3-9(20-17)18-6-8/h2-3,6,10,19H,4-5,7,17H2,1H3,(H,18,20)(H,22,23)/t10-,12+/m1/s1. The Morgan fingerprint density at radius 2 is 2.22 bits per heavy atom. The summed E-state index contributed by atoms with van der Waals surface area (Å²) < 4.78 is 40.5. The van der Waals surface area contributed by atoms with Gasteiger partial charge in [0.1, 0.15) is 11.9 Å². The molecule has 0 saturated carbocycles. The van der Waals surface area contributed by atoms with E-state index in [9.17, 15) is 18.0 Å². The van der Waals surface area contributed by atoms with Crippen LogP contribution >= 0.6 is 0 Å². The predicted octanol–water partition coefficient (Wildman–Crippen LogP) is 1.70. The van der Waals surface area contributed by atoms with Crippen LogP contribution in [0.4, 0.5) is 23.8 Å². The molecule has 2 rings (SSSR count). The van der Waals surface area contributed by atoms with Crippen LogP contribution < -0.4 is 16.6 Å². The summed E-state index contributed by atoms with van der Waals surface area (Å²) in [6, 6.07) is 0.818. The molecule has 1 aliphatic heterocycles. The maximum atomic E-state index is 13.5. The summed E-state index contributed by atoms with van der Waals surface area (Å²) in [5.74, 6) is 5.41. The summed E-state index contributed by atoms with van der Waals surface area (Å²) in [6.45, 7) is 1.67. The molecular formula is C13H18F3N5O2. The number of halogens is 3. The molecule has 0 unspecified atom stereocenters. The Hall–Kier alpha value is -2.07. The Kier molecular flexibility index (Phi) is 4.66. The van der Waals surface area contributed by atoms with Crippen molar-refractivity contribution < 1.29 is 23.1 Å². The zero-order valence-electron chi connectivity index (χ0n) is 12.4. The highest BCUT2D eigenvalue weighted by molar-refractivity contribution is 5.65. The van der Waals surface area contributed by atoms with Gasteiger partial charge in [0, 0.05) is 19.3 Å². The fourth-order valence-electron chi connectivity index (χ4n) is 2.84. The fraction of sp³-hybridized carbons (Fsp3) is 0.538. The van der Waals surface area contributed by atoms with Crippen LogP contribution in [0.15, 0.2) is 18.3 Å². The van der Waals surface area contributed by atoms with E-state index in [4.69, 9.17) is 10.9 Å². The van der Waals surface area contributed by atoms with Crippen molar-refractivity contribution in [2.24, 2.45) is 5.84 Å². The van der Waals surface area contributed by atoms with E-state index in [1.165, 1.54) is 17.0 Å². The monoisotopic (exact) mass is 333 g/mol. The first kappa shape index (κ1) is 17.3. The van der Waals surface area contributed by atoms with Crippen LogP contribution in [0.25, 0.3) is 0 Å². The molecule has 10 heteroatoms. The number of aromatic nitrogens is 1. The van der Waals surface area contributed by atoms with Crippen LogP contribution in [-0.2, 0) is 0 Å². The third-order valence-electron chi connectivity index (χ3n) is 3.84. The van der Waals surface area contributed by atoms with E-state index in [2.05, 4.69) is 15.7 Å². The second-order valence-corrected chi connectivity index (χ2v) is 5.78. The molecule has 1 amide bonds. The number of hydrogen-bond acceptors (Lipinski definition) is 5. The van der Waals surface area contributed by atoms with Gasteiger partial charge in [-0.3, -0.25) is 4.90 Å². The third kappa shape index (κ3) is 4.02. The van der Waals surface area contributed by atoms with Crippen molar-refractivity contribution >= 4 is 11.9 Å². The van der Waals surface area contributed by atoms with Crippen LogP contribution in [0, 0.1) is 0 Å². The second-order valence-electron chi connectivity index (χ2n) is 5.78. The minimum absolute atomic E-state index is 0.0175. The first-order valence-corrected chi connectivity index (χ1v) is 6.89. The highest BCUT2D eigenvalue weighted by Gasteiger charge is 2.49. The van der Waals surface area contributed by atoms with E-state index >= 15 is 0 Å². The molecule has 1 fully saturated rings. The number of pyridine rings is 1. The number of carbonyl (C=O) groups is 1. The van der Waals surface area contributed by atoms with Gasteiger partial charge in [-0.2, -0.15) is 13.2 Å². The van der Waals surface area contributed by atoms with Crippen molar-refractivity contribution in [2.45, 2.75) is 31.1 Å². The summed E-state index contributed by atoms with van der Waals surface area (Å²) in [7, 11) is 0. The van der Waals surface area contributed by atoms with Crippen molar-refractivity contribution in [1.82, 2.24) is 15.2 Å². The van der Waals surface area contributed by atoms with E-state index < -0.39 is 23.9 Å². The maximum Gasteiger partial charge on any atom is 0.408 e. The number of nitrogens with one attached hydrogen (secondary N) is 2. The van der Waals surface area contributed by atoms with Gasteiger partial charge in [0.05, 0.1) is 5.54 Å². The largest absolute Gasteiger partial charge is 0.465 e. The maximum absolute atomic E-state index is 13.5. The lowest BCUT2D eigenvalue weighted by atomic mass is 10.0. The third-order valence-corrected chi connectivity index (χ3v) is 3.84. The van der Waals surface area contributed by atoms with Crippen molar-refractivity contribution in [1.29, 1.82) is 0 Å². The SMILES string of the molecule is C[C@]1(NC(=O)O)CCN([C@H](c2ccc(NN)nc2)C(F)(F)F)C1. The van der Waals surface area contributed by atoms with Crippen LogP contribution in [0.2, 0.25) is 0 Å². The Labute approximate surface area is 130 Å². The molecule has 2 heterocycles. The van der Waals surface area contributed by atoms with E-state index in [1.54, 1.807) is 6.92 Å². The number of rotatable bonds is 4. The van der Waals surface area contributed by atoms with E-state index in [-0.39, 0.29) is 24.5 Å². The molecule has 1 saturated heterocycles. The average molecular weight is 333 g/mol. The summed E-state index contributed by atoms with van der Waals surface area (Å²) >= 11 is 0. The second kappa shape index (κ2) is 6.20. The lowest BCUT2D eigenvalue weighted by Crippen LogP contribution is -2.48. The topological polar surface area (TPSA) is 104 Å². The fourth-order valence-corrected chi connectivity index (χ4v) is 2.84. The Morgan fingerprint density at radius 1 is 1.52 bits per heavy atom. The number of nitrogens with zero attached hydrogens (tertiary/aromatic N) is 2. The molecule has 0 aromatic carbocycles. The summed E-state index contributed by atoms with van der Waals surface area (Å²) in [5, 5.41) is 11.1. The molecule has 5 N–H and O–H groups in total. The average Bonchev–Trinajstić information content (AvgIpc) is 2.79. The number of anilines is 1. The number of nitrogens with two attached hydrogens (primary N) is 1. The van der Waals surface area contributed by atoms with Gasteiger partial charge in [0.15, 0.2) is 0 Å². The molecule has 1 aliphatic rings. The van der Waals surface area contributed by atoms with E-state index in [0.717, 1.165) is 6.20 Å². The van der Waals surface area contributed by atoms with Crippen molar-refractivity contribution in [3.8, 4) is 0 Å². The molecule has 1 aromatic rings. The highest BCUT2D eigenvalue weighted by atomic mass is 19.4. The molecule has 1 aromatic heterocycles. The van der Waals surface area contributed by atoms with Gasteiger partial charge >= 0.3 is 12.3 Å². The van der Waals surface area contributed by atoms with Crippen LogP contribution in [0.1, 0.15) is 24.9 Å². The van der Waals surface area contributed by atoms with Crippen LogP contribution in [-0.4, -0.2) is 45.9 Å². The van der Waals surface area contributed by atoms with Gasteiger partial charge in [0.2, 0.25) is 0 Å². The van der Waals surface area contributed by atoms with Gasteiger partial charge in [-0.15, -0.1) is 0 Å². The minimum Gasteiger partial charge on any atom is -0.465 e. The normalized spacial score (nSPS) is 23.5. The lowest BCUT2D eigenvalue weighted by Gasteiger charge is -2.31. The van der Waals surface area contributed by atoms with Gasteiger partial charge in [0.25, 0.3) is 0 Å². The van der Waals surface area contributed by atoms with Gasteiger partial charge in [-0.25, -0.2) is 15.6 Å². The minimum atomic E-state index is -4.51. The van der Waals surface area contributed by atoms with Gasteiger partial charge in [-0.1, -0.05) is 6.07 Å². The summed E-state index contributed by atoms with van der Waals surface area (Å²) in [5.41, 5.74) is 1.32. The van der Waals surface area contributed by atoms with Crippen LogP contribution in [0.3, 0.4) is 0 Å². The van der Waals surface area contributed by atoms with Crippen molar-refractivity contribution in [3.05, 3.63) is 23.9 Å². The number of hydrazine groups is 1. The number of hydrogen-bond donors (Lipinski definition) is 4. The molecule has 23 heavy (non-hydrogen) atoms. The molecule has 7 nitrogen and oxygen atoms in total. The molecule has 0 aliphatic carbocycles. The Morgan fingerprint density at radius 3 is 2.70 bits per heavy atom. The first-order chi connectivity index (χ1) is 10.6. The predicted molar refractivity (Wildman–Crippen MR) is 76.6 cm³/mol. The van der Waals surface area contributed by atoms with Gasteiger partial charge < -0.3 is 15.8 Å². The molecule has 0 spiro atoms. The Balaban J connectivity index is 2.25. The molecular weight excluding hydrogens is 315 g/mol.